The first-order chi connectivity index (χ1) is 10.6. The molecular weight excluding hydrogens is 280 g/mol. The maximum Gasteiger partial charge on any atom is 0.258 e. The number of ether oxygens (including phenoxy) is 1. The second-order valence-corrected chi connectivity index (χ2v) is 5.41. The van der Waals surface area contributed by atoms with Gasteiger partial charge in [0.05, 0.1) is 5.39 Å². The van der Waals surface area contributed by atoms with Crippen LogP contribution < -0.4 is 10.3 Å². The first-order valence-corrected chi connectivity index (χ1v) is 7.68. The minimum Gasteiger partial charge on any atom is -0.489 e. The lowest BCUT2D eigenvalue weighted by Crippen LogP contribution is -2.35. The molecule has 1 aromatic carbocycles. The minimum atomic E-state index is -0.559. The third kappa shape index (κ3) is 3.67. The maximum absolute atomic E-state index is 12.1. The molecule has 1 N–H and O–H groups in total. The molecule has 5 nitrogen and oxygen atoms in total. The van der Waals surface area contributed by atoms with Crippen molar-refractivity contribution in [1.29, 1.82) is 0 Å². The van der Waals surface area contributed by atoms with E-state index in [2.05, 4.69) is 18.7 Å². The molecule has 0 bridgehead atoms. The number of aliphatic hydroxyl groups excluding tert-OH is 1. The number of aryl methyl sites for hydroxylation is 1. The van der Waals surface area contributed by atoms with E-state index in [9.17, 15) is 9.90 Å². The Kier molecular flexibility index (Phi) is 5.57. The van der Waals surface area contributed by atoms with Crippen LogP contribution in [0.2, 0.25) is 0 Å². The van der Waals surface area contributed by atoms with Gasteiger partial charge in [-0.25, -0.2) is 0 Å². The van der Waals surface area contributed by atoms with Crippen molar-refractivity contribution in [3.8, 4) is 5.75 Å². The molecule has 2 aromatic rings. The van der Waals surface area contributed by atoms with E-state index in [4.69, 9.17) is 4.74 Å². The van der Waals surface area contributed by atoms with Crippen molar-refractivity contribution in [3.05, 3.63) is 40.8 Å². The molecule has 0 amide bonds. The Morgan fingerprint density at radius 3 is 2.50 bits per heavy atom. The van der Waals surface area contributed by atoms with Gasteiger partial charge >= 0.3 is 0 Å². The summed E-state index contributed by atoms with van der Waals surface area (Å²) in [6, 6.07) is 7.36. The predicted molar refractivity (Wildman–Crippen MR) is 88.5 cm³/mol. The smallest absolute Gasteiger partial charge is 0.258 e. The van der Waals surface area contributed by atoms with Crippen LogP contribution in [-0.2, 0) is 7.05 Å². The van der Waals surface area contributed by atoms with E-state index in [1.165, 1.54) is 4.57 Å². The number of benzene rings is 1. The van der Waals surface area contributed by atoms with Crippen LogP contribution in [0.25, 0.3) is 10.8 Å². The highest BCUT2D eigenvalue weighted by molar-refractivity contribution is 5.87. The van der Waals surface area contributed by atoms with Crippen molar-refractivity contribution >= 4 is 10.8 Å². The molecule has 0 spiro atoms. The lowest BCUT2D eigenvalue weighted by Gasteiger charge is -2.22. The number of aromatic nitrogens is 1. The summed E-state index contributed by atoms with van der Waals surface area (Å²) in [5, 5.41) is 11.5. The Labute approximate surface area is 130 Å². The Bertz CT molecular complexity index is 677. The number of rotatable bonds is 7. The van der Waals surface area contributed by atoms with Gasteiger partial charge in [0.25, 0.3) is 5.56 Å². The van der Waals surface area contributed by atoms with Crippen molar-refractivity contribution in [2.45, 2.75) is 20.0 Å². The van der Waals surface area contributed by atoms with Gasteiger partial charge in [-0.3, -0.25) is 4.79 Å². The fraction of sp³-hybridized carbons (Fsp3) is 0.471. The molecule has 0 aliphatic heterocycles. The van der Waals surface area contributed by atoms with Gasteiger partial charge in [0, 0.05) is 25.2 Å². The third-order valence-electron chi connectivity index (χ3n) is 3.85. The largest absolute Gasteiger partial charge is 0.489 e. The number of hydrogen-bond acceptors (Lipinski definition) is 4. The second kappa shape index (κ2) is 7.42. The zero-order chi connectivity index (χ0) is 16.1. The average molecular weight is 304 g/mol. The van der Waals surface area contributed by atoms with Gasteiger partial charge in [-0.15, -0.1) is 0 Å². The molecule has 2 rings (SSSR count). The van der Waals surface area contributed by atoms with Crippen LogP contribution in [0.4, 0.5) is 0 Å². The molecule has 22 heavy (non-hydrogen) atoms. The molecule has 0 fully saturated rings. The van der Waals surface area contributed by atoms with Gasteiger partial charge in [0.1, 0.15) is 18.5 Å². The van der Waals surface area contributed by atoms with Gasteiger partial charge in [0.2, 0.25) is 0 Å². The highest BCUT2D eigenvalue weighted by Crippen LogP contribution is 2.22. The lowest BCUT2D eigenvalue weighted by molar-refractivity contribution is 0.0719. The Morgan fingerprint density at radius 2 is 1.86 bits per heavy atom. The van der Waals surface area contributed by atoms with E-state index >= 15 is 0 Å². The Hall–Kier alpha value is -1.85. The summed E-state index contributed by atoms with van der Waals surface area (Å²) >= 11 is 0. The van der Waals surface area contributed by atoms with Gasteiger partial charge < -0.3 is 19.3 Å². The molecule has 1 unspecified atom stereocenters. The monoisotopic (exact) mass is 304 g/mol. The first kappa shape index (κ1) is 16.5. The number of hydrogen-bond donors (Lipinski definition) is 1. The Balaban J connectivity index is 2.15. The molecule has 0 saturated carbocycles. The van der Waals surface area contributed by atoms with Crippen molar-refractivity contribution in [2.75, 3.05) is 26.2 Å². The fourth-order valence-electron chi connectivity index (χ4n) is 2.51. The van der Waals surface area contributed by atoms with Crippen LogP contribution in [0.3, 0.4) is 0 Å². The molecule has 1 heterocycles. The standard InChI is InChI=1S/C17H24N2O3/c1-4-19(5-2)10-13(20)12-22-16-11-18(3)17(21)15-9-7-6-8-14(15)16/h6-9,11,13,20H,4-5,10,12H2,1-3H3. The molecule has 1 aromatic heterocycles. The number of nitrogens with zero attached hydrogens (tertiary/aromatic N) is 2. The summed E-state index contributed by atoms with van der Waals surface area (Å²) in [7, 11) is 1.70. The molecule has 0 aliphatic carbocycles. The summed E-state index contributed by atoms with van der Waals surface area (Å²) in [6.45, 7) is 6.72. The van der Waals surface area contributed by atoms with Crippen LogP contribution >= 0.6 is 0 Å². The van der Waals surface area contributed by atoms with Gasteiger partial charge in [-0.1, -0.05) is 32.0 Å². The van der Waals surface area contributed by atoms with Crippen molar-refractivity contribution in [2.24, 2.45) is 7.05 Å². The summed E-state index contributed by atoms with van der Waals surface area (Å²) in [4.78, 5) is 14.2. The van der Waals surface area contributed by atoms with Crippen LogP contribution in [-0.4, -0.2) is 46.9 Å². The number of aliphatic hydroxyl groups is 1. The maximum atomic E-state index is 12.1. The van der Waals surface area contributed by atoms with Crippen LogP contribution in [0.1, 0.15) is 13.8 Å². The van der Waals surface area contributed by atoms with Crippen molar-refractivity contribution in [1.82, 2.24) is 9.47 Å². The zero-order valence-corrected chi connectivity index (χ0v) is 13.5. The molecule has 1 atom stereocenters. The quantitative estimate of drug-likeness (QED) is 0.844. The average Bonchev–Trinajstić information content (AvgIpc) is 2.54. The second-order valence-electron chi connectivity index (χ2n) is 5.41. The summed E-state index contributed by atoms with van der Waals surface area (Å²) in [5.41, 5.74) is -0.0494. The van der Waals surface area contributed by atoms with E-state index in [-0.39, 0.29) is 12.2 Å². The van der Waals surface area contributed by atoms with E-state index in [0.29, 0.717) is 17.7 Å². The highest BCUT2D eigenvalue weighted by Gasteiger charge is 2.12. The van der Waals surface area contributed by atoms with Crippen LogP contribution in [0.5, 0.6) is 5.75 Å². The minimum absolute atomic E-state index is 0.0494. The van der Waals surface area contributed by atoms with E-state index < -0.39 is 6.10 Å². The van der Waals surface area contributed by atoms with Gasteiger partial charge in [-0.05, 0) is 19.2 Å². The first-order valence-electron chi connectivity index (χ1n) is 7.68. The van der Waals surface area contributed by atoms with Gasteiger partial charge in [0.15, 0.2) is 0 Å². The lowest BCUT2D eigenvalue weighted by atomic mass is 10.1. The summed E-state index contributed by atoms with van der Waals surface area (Å²) in [5.74, 6) is 0.622. The van der Waals surface area contributed by atoms with Gasteiger partial charge in [-0.2, -0.15) is 0 Å². The number of pyridine rings is 1. The summed E-state index contributed by atoms with van der Waals surface area (Å²) in [6.07, 6.45) is 1.12. The van der Waals surface area contributed by atoms with Crippen molar-refractivity contribution < 1.29 is 9.84 Å². The zero-order valence-electron chi connectivity index (χ0n) is 13.5. The molecule has 0 radical (unpaired) electrons. The number of likely N-dealkylation sites (N-methyl/N-ethyl adjacent to an activating group) is 1. The number of fused-ring (bicyclic) bond motifs is 1. The molecule has 0 saturated heterocycles. The normalized spacial score (nSPS) is 12.8. The predicted octanol–water partition coefficient (Wildman–Crippen LogP) is 1.62. The van der Waals surface area contributed by atoms with E-state index in [0.717, 1.165) is 18.5 Å². The third-order valence-corrected chi connectivity index (χ3v) is 3.85. The molecule has 120 valence electrons. The Morgan fingerprint density at radius 1 is 1.23 bits per heavy atom. The molecule has 0 aliphatic rings. The SMILES string of the molecule is CCN(CC)CC(O)COc1cn(C)c(=O)c2ccccc12. The topological polar surface area (TPSA) is 54.7 Å². The van der Waals surface area contributed by atoms with Crippen LogP contribution in [0.15, 0.2) is 35.3 Å². The molecule has 5 heteroatoms. The van der Waals surface area contributed by atoms with E-state index in [1.807, 2.05) is 18.2 Å². The van der Waals surface area contributed by atoms with Crippen molar-refractivity contribution in [3.63, 3.8) is 0 Å². The molecular formula is C17H24N2O3. The highest BCUT2D eigenvalue weighted by atomic mass is 16.5. The van der Waals surface area contributed by atoms with Crippen LogP contribution in [0, 0.1) is 0 Å². The summed E-state index contributed by atoms with van der Waals surface area (Å²) < 4.78 is 7.28. The van der Waals surface area contributed by atoms with E-state index in [1.54, 1.807) is 19.3 Å². The fourth-order valence-corrected chi connectivity index (χ4v) is 2.51.